The van der Waals surface area contributed by atoms with E-state index in [9.17, 15) is 14.4 Å². The van der Waals surface area contributed by atoms with Crippen molar-refractivity contribution >= 4 is 17.7 Å². The summed E-state index contributed by atoms with van der Waals surface area (Å²) in [7, 11) is 0. The van der Waals surface area contributed by atoms with E-state index in [0.717, 1.165) is 11.3 Å². The number of carbonyl (C=O) groups is 3. The number of rotatable bonds is 7. The third-order valence-corrected chi connectivity index (χ3v) is 4.38. The molecule has 0 atom stereocenters. The smallest absolute Gasteiger partial charge is 0.234 e. The van der Waals surface area contributed by atoms with E-state index in [-0.39, 0.29) is 30.6 Å². The molecule has 1 aliphatic heterocycles. The van der Waals surface area contributed by atoms with E-state index in [1.807, 2.05) is 36.6 Å². The Morgan fingerprint density at radius 3 is 2.15 bits per heavy atom. The van der Waals surface area contributed by atoms with Crippen molar-refractivity contribution in [2.75, 3.05) is 32.8 Å². The maximum Gasteiger partial charge on any atom is 0.234 e. The highest BCUT2D eigenvalue weighted by atomic mass is 16.5. The van der Waals surface area contributed by atoms with Crippen LogP contribution in [0, 0.1) is 6.92 Å². The van der Waals surface area contributed by atoms with Gasteiger partial charge in [-0.3, -0.25) is 19.8 Å². The van der Waals surface area contributed by atoms with Gasteiger partial charge in [-0.25, -0.2) is 5.84 Å². The third kappa shape index (κ3) is 5.73. The standard InChI is InChI=1S/C18H26N4O4/c1-14-4-2-3-5-15(14)26-13-8-18(25)22-11-9-21(10-12-22)17(24)7-6-16(23)20-19/h2-5H,6-13,19H2,1H3,(H,20,23). The number of para-hydroxylation sites is 1. The largest absolute Gasteiger partial charge is 0.493 e. The van der Waals surface area contributed by atoms with Crippen molar-refractivity contribution in [2.24, 2.45) is 5.84 Å². The fourth-order valence-corrected chi connectivity index (χ4v) is 2.78. The molecule has 26 heavy (non-hydrogen) atoms. The molecule has 1 saturated heterocycles. The summed E-state index contributed by atoms with van der Waals surface area (Å²) in [6, 6.07) is 7.69. The van der Waals surface area contributed by atoms with Gasteiger partial charge < -0.3 is 14.5 Å². The van der Waals surface area contributed by atoms with Crippen LogP contribution in [0.4, 0.5) is 0 Å². The van der Waals surface area contributed by atoms with Crippen LogP contribution in [-0.4, -0.2) is 60.3 Å². The second-order valence-corrected chi connectivity index (χ2v) is 6.19. The first-order valence-electron chi connectivity index (χ1n) is 8.74. The minimum Gasteiger partial charge on any atom is -0.493 e. The number of aryl methyl sites for hydroxylation is 1. The molecular formula is C18H26N4O4. The van der Waals surface area contributed by atoms with Crippen LogP contribution in [0.1, 0.15) is 24.8 Å². The van der Waals surface area contributed by atoms with Crippen LogP contribution in [0.15, 0.2) is 24.3 Å². The van der Waals surface area contributed by atoms with Crippen LogP contribution in [0.5, 0.6) is 5.75 Å². The first-order chi connectivity index (χ1) is 12.5. The molecule has 1 aromatic carbocycles. The van der Waals surface area contributed by atoms with Crippen molar-refractivity contribution in [3.05, 3.63) is 29.8 Å². The SMILES string of the molecule is Cc1ccccc1OCCC(=O)N1CCN(C(=O)CCC(=O)NN)CC1. The predicted octanol–water partition coefficient (Wildman–Crippen LogP) is 0.205. The summed E-state index contributed by atoms with van der Waals surface area (Å²) in [6.45, 7) is 4.25. The zero-order valence-electron chi connectivity index (χ0n) is 15.1. The summed E-state index contributed by atoms with van der Waals surface area (Å²) < 4.78 is 5.66. The van der Waals surface area contributed by atoms with E-state index in [2.05, 4.69) is 0 Å². The Labute approximate surface area is 153 Å². The van der Waals surface area contributed by atoms with E-state index in [4.69, 9.17) is 10.6 Å². The molecule has 0 aliphatic carbocycles. The molecule has 8 nitrogen and oxygen atoms in total. The van der Waals surface area contributed by atoms with Gasteiger partial charge in [0, 0.05) is 39.0 Å². The summed E-state index contributed by atoms with van der Waals surface area (Å²) in [5, 5.41) is 0. The lowest BCUT2D eigenvalue weighted by Gasteiger charge is -2.34. The highest BCUT2D eigenvalue weighted by molar-refractivity contribution is 5.83. The van der Waals surface area contributed by atoms with Gasteiger partial charge in [-0.1, -0.05) is 18.2 Å². The molecular weight excluding hydrogens is 336 g/mol. The van der Waals surface area contributed by atoms with Crippen LogP contribution < -0.4 is 16.0 Å². The zero-order chi connectivity index (χ0) is 18.9. The summed E-state index contributed by atoms with van der Waals surface area (Å²) in [5.41, 5.74) is 3.04. The molecule has 0 spiro atoms. The maximum atomic E-state index is 12.3. The molecule has 0 unspecified atom stereocenters. The summed E-state index contributed by atoms with van der Waals surface area (Å²) in [6.07, 6.45) is 0.505. The van der Waals surface area contributed by atoms with Gasteiger partial charge in [0.05, 0.1) is 13.0 Å². The van der Waals surface area contributed by atoms with Gasteiger partial charge >= 0.3 is 0 Å². The lowest BCUT2D eigenvalue weighted by Crippen LogP contribution is -2.50. The number of nitrogens with two attached hydrogens (primary N) is 1. The molecule has 0 radical (unpaired) electrons. The van der Waals surface area contributed by atoms with Gasteiger partial charge in [0.15, 0.2) is 0 Å². The number of hydrogen-bond donors (Lipinski definition) is 2. The summed E-state index contributed by atoms with van der Waals surface area (Å²) >= 11 is 0. The quantitative estimate of drug-likeness (QED) is 0.410. The first-order valence-corrected chi connectivity index (χ1v) is 8.74. The molecule has 1 heterocycles. The maximum absolute atomic E-state index is 12.3. The van der Waals surface area contributed by atoms with Crippen molar-refractivity contribution in [3.63, 3.8) is 0 Å². The fraction of sp³-hybridized carbons (Fsp3) is 0.500. The predicted molar refractivity (Wildman–Crippen MR) is 96.0 cm³/mol. The second kappa shape index (κ2) is 9.76. The van der Waals surface area contributed by atoms with Crippen molar-refractivity contribution < 1.29 is 19.1 Å². The lowest BCUT2D eigenvalue weighted by atomic mass is 10.2. The Hall–Kier alpha value is -2.61. The van der Waals surface area contributed by atoms with E-state index in [1.165, 1.54) is 0 Å². The van der Waals surface area contributed by atoms with Gasteiger partial charge in [-0.2, -0.15) is 0 Å². The molecule has 1 fully saturated rings. The van der Waals surface area contributed by atoms with Crippen LogP contribution >= 0.6 is 0 Å². The number of benzene rings is 1. The minimum absolute atomic E-state index is 0.0215. The Balaban J connectivity index is 1.68. The van der Waals surface area contributed by atoms with Crippen LogP contribution in [0.2, 0.25) is 0 Å². The summed E-state index contributed by atoms with van der Waals surface area (Å²) in [4.78, 5) is 38.8. The van der Waals surface area contributed by atoms with Crippen molar-refractivity contribution in [2.45, 2.75) is 26.2 Å². The minimum atomic E-state index is -0.360. The molecule has 1 aliphatic rings. The zero-order valence-corrected chi connectivity index (χ0v) is 15.1. The molecule has 0 aromatic heterocycles. The number of ether oxygens (including phenoxy) is 1. The molecule has 2 rings (SSSR count). The Morgan fingerprint density at radius 2 is 1.58 bits per heavy atom. The van der Waals surface area contributed by atoms with E-state index < -0.39 is 0 Å². The van der Waals surface area contributed by atoms with Crippen LogP contribution in [-0.2, 0) is 14.4 Å². The number of nitrogens with one attached hydrogen (secondary N) is 1. The highest BCUT2D eigenvalue weighted by Crippen LogP contribution is 2.16. The number of amides is 3. The fourth-order valence-electron chi connectivity index (χ4n) is 2.78. The topological polar surface area (TPSA) is 105 Å². The van der Waals surface area contributed by atoms with Crippen LogP contribution in [0.3, 0.4) is 0 Å². The molecule has 0 saturated carbocycles. The Morgan fingerprint density at radius 1 is 1.00 bits per heavy atom. The number of hydrazine groups is 1. The van der Waals surface area contributed by atoms with E-state index in [0.29, 0.717) is 39.2 Å². The molecule has 3 N–H and O–H groups in total. The monoisotopic (exact) mass is 362 g/mol. The second-order valence-electron chi connectivity index (χ2n) is 6.19. The average Bonchev–Trinajstić information content (AvgIpc) is 2.67. The lowest BCUT2D eigenvalue weighted by molar-refractivity contribution is -0.140. The van der Waals surface area contributed by atoms with Gasteiger partial charge in [0.2, 0.25) is 17.7 Å². The van der Waals surface area contributed by atoms with Crippen molar-refractivity contribution in [3.8, 4) is 5.75 Å². The number of carbonyl (C=O) groups excluding carboxylic acids is 3. The Bertz CT molecular complexity index is 642. The van der Waals surface area contributed by atoms with Gasteiger partial charge in [0.1, 0.15) is 5.75 Å². The summed E-state index contributed by atoms with van der Waals surface area (Å²) in [5.74, 6) is 5.35. The molecule has 1 aromatic rings. The van der Waals surface area contributed by atoms with Crippen molar-refractivity contribution in [1.82, 2.24) is 15.2 Å². The van der Waals surface area contributed by atoms with Crippen LogP contribution in [0.25, 0.3) is 0 Å². The van der Waals surface area contributed by atoms with Gasteiger partial charge in [-0.15, -0.1) is 0 Å². The average molecular weight is 362 g/mol. The van der Waals surface area contributed by atoms with E-state index >= 15 is 0 Å². The molecule has 0 bridgehead atoms. The van der Waals surface area contributed by atoms with Gasteiger partial charge in [0.25, 0.3) is 0 Å². The number of hydrogen-bond acceptors (Lipinski definition) is 5. The van der Waals surface area contributed by atoms with E-state index in [1.54, 1.807) is 9.80 Å². The first kappa shape index (κ1) is 19.7. The number of nitrogens with zero attached hydrogens (tertiary/aromatic N) is 2. The van der Waals surface area contributed by atoms with Crippen molar-refractivity contribution in [1.29, 1.82) is 0 Å². The number of piperazine rings is 1. The molecule has 3 amide bonds. The third-order valence-electron chi connectivity index (χ3n) is 4.38. The normalized spacial score (nSPS) is 14.1. The molecule has 8 heteroatoms. The Kier molecular flexibility index (Phi) is 7.40. The van der Waals surface area contributed by atoms with Gasteiger partial charge in [-0.05, 0) is 18.6 Å². The highest BCUT2D eigenvalue weighted by Gasteiger charge is 2.24. The molecule has 142 valence electrons.